The van der Waals surface area contributed by atoms with Gasteiger partial charge in [0, 0.05) is 0 Å². The molecule has 6 heteroatoms. The number of rotatable bonds is 3. The van der Waals surface area contributed by atoms with E-state index in [1.165, 1.54) is 0 Å². The van der Waals surface area contributed by atoms with Gasteiger partial charge in [0.2, 0.25) is 0 Å². The molecule has 108 valence electrons. The highest BCUT2D eigenvalue weighted by molar-refractivity contribution is 6.33. The zero-order chi connectivity index (χ0) is 15.2. The SMILES string of the molecule is C/C(=N\NC(=O)Nc1ccccc1Cl)c1ccc(O)cc1. The molecule has 0 heterocycles. The van der Waals surface area contributed by atoms with Crippen molar-refractivity contribution in [1.82, 2.24) is 5.43 Å². The first-order chi connectivity index (χ1) is 10.1. The Labute approximate surface area is 127 Å². The van der Waals surface area contributed by atoms with E-state index in [0.717, 1.165) is 5.56 Å². The third-order valence-electron chi connectivity index (χ3n) is 2.73. The number of benzene rings is 2. The van der Waals surface area contributed by atoms with Crippen LogP contribution in [0.4, 0.5) is 10.5 Å². The number of aromatic hydroxyl groups is 1. The van der Waals surface area contributed by atoms with Crippen LogP contribution in [0, 0.1) is 0 Å². The summed E-state index contributed by atoms with van der Waals surface area (Å²) in [6, 6.07) is 13.0. The molecule has 0 aliphatic rings. The summed E-state index contributed by atoms with van der Waals surface area (Å²) in [6.07, 6.45) is 0. The number of hydrogen-bond donors (Lipinski definition) is 3. The van der Waals surface area contributed by atoms with E-state index in [4.69, 9.17) is 11.6 Å². The maximum atomic E-state index is 11.7. The molecular formula is C15H14ClN3O2. The molecule has 2 aromatic rings. The molecule has 3 N–H and O–H groups in total. The number of amides is 2. The third kappa shape index (κ3) is 4.22. The predicted octanol–water partition coefficient (Wildman–Crippen LogP) is 3.59. The molecule has 0 aliphatic carbocycles. The summed E-state index contributed by atoms with van der Waals surface area (Å²) in [5.41, 5.74) is 4.31. The van der Waals surface area contributed by atoms with Crippen molar-refractivity contribution >= 4 is 29.0 Å². The summed E-state index contributed by atoms with van der Waals surface area (Å²) in [5, 5.41) is 16.2. The quantitative estimate of drug-likeness (QED) is 0.599. The molecular weight excluding hydrogens is 290 g/mol. The van der Waals surface area contributed by atoms with Crippen LogP contribution >= 0.6 is 11.6 Å². The van der Waals surface area contributed by atoms with Crippen molar-refractivity contribution in [3.8, 4) is 5.75 Å². The summed E-state index contributed by atoms with van der Waals surface area (Å²) < 4.78 is 0. The van der Waals surface area contributed by atoms with Crippen LogP contribution in [0.5, 0.6) is 5.75 Å². The maximum absolute atomic E-state index is 11.7. The Morgan fingerprint density at radius 3 is 2.48 bits per heavy atom. The molecule has 0 fully saturated rings. The summed E-state index contributed by atoms with van der Waals surface area (Å²) in [5.74, 6) is 0.177. The Kier molecular flexibility index (Phi) is 4.79. The summed E-state index contributed by atoms with van der Waals surface area (Å²) >= 11 is 5.94. The molecule has 2 rings (SSSR count). The van der Waals surface area contributed by atoms with Gasteiger partial charge in [0.05, 0.1) is 16.4 Å². The van der Waals surface area contributed by atoms with Gasteiger partial charge >= 0.3 is 6.03 Å². The number of nitrogens with zero attached hydrogens (tertiary/aromatic N) is 1. The van der Waals surface area contributed by atoms with E-state index < -0.39 is 6.03 Å². The summed E-state index contributed by atoms with van der Waals surface area (Å²) in [6.45, 7) is 1.75. The number of phenols is 1. The molecule has 0 radical (unpaired) electrons. The van der Waals surface area contributed by atoms with Gasteiger partial charge in [-0.05, 0) is 48.9 Å². The fourth-order valence-electron chi connectivity index (χ4n) is 1.61. The van der Waals surface area contributed by atoms with Crippen molar-refractivity contribution in [2.45, 2.75) is 6.92 Å². The van der Waals surface area contributed by atoms with Crippen molar-refractivity contribution in [2.24, 2.45) is 5.10 Å². The number of urea groups is 1. The van der Waals surface area contributed by atoms with Crippen LogP contribution < -0.4 is 10.7 Å². The largest absolute Gasteiger partial charge is 0.508 e. The Morgan fingerprint density at radius 1 is 1.14 bits per heavy atom. The second-order valence-electron chi connectivity index (χ2n) is 4.29. The number of phenolic OH excluding ortho intramolecular Hbond substituents is 1. The number of para-hydroxylation sites is 1. The first-order valence-corrected chi connectivity index (χ1v) is 6.59. The van der Waals surface area contributed by atoms with E-state index in [0.29, 0.717) is 16.4 Å². The van der Waals surface area contributed by atoms with Crippen molar-refractivity contribution in [1.29, 1.82) is 0 Å². The van der Waals surface area contributed by atoms with Crippen LogP contribution in [-0.2, 0) is 0 Å². The molecule has 0 spiro atoms. The van der Waals surface area contributed by atoms with E-state index >= 15 is 0 Å². The molecule has 21 heavy (non-hydrogen) atoms. The van der Waals surface area contributed by atoms with Crippen molar-refractivity contribution in [3.63, 3.8) is 0 Å². The van der Waals surface area contributed by atoms with Gasteiger partial charge < -0.3 is 10.4 Å². The molecule has 5 nitrogen and oxygen atoms in total. The van der Waals surface area contributed by atoms with Crippen molar-refractivity contribution in [2.75, 3.05) is 5.32 Å². The molecule has 0 atom stereocenters. The van der Waals surface area contributed by atoms with E-state index in [1.807, 2.05) is 0 Å². The Morgan fingerprint density at radius 2 is 1.81 bits per heavy atom. The highest BCUT2D eigenvalue weighted by Crippen LogP contribution is 2.20. The molecule has 0 bridgehead atoms. The molecule has 0 aromatic heterocycles. The van der Waals surface area contributed by atoms with Crippen LogP contribution in [0.25, 0.3) is 0 Å². The minimum Gasteiger partial charge on any atom is -0.508 e. The van der Waals surface area contributed by atoms with Crippen LogP contribution in [0.2, 0.25) is 5.02 Å². The average Bonchev–Trinajstić information content (AvgIpc) is 2.48. The Hall–Kier alpha value is -2.53. The monoisotopic (exact) mass is 303 g/mol. The fraction of sp³-hybridized carbons (Fsp3) is 0.0667. The third-order valence-corrected chi connectivity index (χ3v) is 3.06. The van der Waals surface area contributed by atoms with E-state index in [-0.39, 0.29) is 5.75 Å². The zero-order valence-corrected chi connectivity index (χ0v) is 12.1. The van der Waals surface area contributed by atoms with Crippen LogP contribution in [0.3, 0.4) is 0 Å². The molecule has 0 saturated carbocycles. The van der Waals surface area contributed by atoms with Crippen molar-refractivity contribution < 1.29 is 9.90 Å². The summed E-state index contributed by atoms with van der Waals surface area (Å²) in [4.78, 5) is 11.7. The topological polar surface area (TPSA) is 73.7 Å². The number of carbonyl (C=O) groups is 1. The minimum absolute atomic E-state index is 0.177. The van der Waals surface area contributed by atoms with Gasteiger partial charge in [0.1, 0.15) is 5.75 Å². The Bertz CT molecular complexity index is 669. The zero-order valence-electron chi connectivity index (χ0n) is 11.3. The van der Waals surface area contributed by atoms with Crippen LogP contribution in [0.1, 0.15) is 12.5 Å². The fourth-order valence-corrected chi connectivity index (χ4v) is 1.80. The number of anilines is 1. The smallest absolute Gasteiger partial charge is 0.339 e. The standard InChI is InChI=1S/C15H14ClN3O2/c1-10(11-6-8-12(20)9-7-11)18-19-15(21)17-14-5-3-2-4-13(14)16/h2-9,20H,1H3,(H2,17,19,21)/b18-10+. The van der Waals surface area contributed by atoms with Crippen LogP contribution in [-0.4, -0.2) is 16.8 Å². The predicted molar refractivity (Wildman–Crippen MR) is 83.9 cm³/mol. The lowest BCUT2D eigenvalue weighted by molar-refractivity contribution is 0.252. The van der Waals surface area contributed by atoms with E-state index in [2.05, 4.69) is 15.8 Å². The van der Waals surface area contributed by atoms with Crippen LogP contribution in [0.15, 0.2) is 53.6 Å². The van der Waals surface area contributed by atoms with Gasteiger partial charge in [-0.25, -0.2) is 10.2 Å². The second kappa shape index (κ2) is 6.76. The van der Waals surface area contributed by atoms with Gasteiger partial charge in [-0.3, -0.25) is 0 Å². The molecule has 2 amide bonds. The normalized spacial score (nSPS) is 11.0. The molecule has 0 aliphatic heterocycles. The molecule has 0 unspecified atom stereocenters. The first kappa shape index (κ1) is 14.9. The number of hydrogen-bond acceptors (Lipinski definition) is 3. The Balaban J connectivity index is 1.98. The lowest BCUT2D eigenvalue weighted by Gasteiger charge is -2.07. The summed E-state index contributed by atoms with van der Waals surface area (Å²) in [7, 11) is 0. The van der Waals surface area contributed by atoms with Crippen molar-refractivity contribution in [3.05, 3.63) is 59.1 Å². The maximum Gasteiger partial charge on any atom is 0.339 e. The van der Waals surface area contributed by atoms with Gasteiger partial charge in [-0.2, -0.15) is 5.10 Å². The number of nitrogens with one attached hydrogen (secondary N) is 2. The highest BCUT2D eigenvalue weighted by atomic mass is 35.5. The van der Waals surface area contributed by atoms with Gasteiger partial charge in [0.15, 0.2) is 0 Å². The molecule has 2 aromatic carbocycles. The first-order valence-electron chi connectivity index (χ1n) is 6.21. The second-order valence-corrected chi connectivity index (χ2v) is 4.70. The lowest BCUT2D eigenvalue weighted by Crippen LogP contribution is -2.25. The number of carbonyl (C=O) groups excluding carboxylic acids is 1. The van der Waals surface area contributed by atoms with Gasteiger partial charge in [0.25, 0.3) is 0 Å². The van der Waals surface area contributed by atoms with E-state index in [1.54, 1.807) is 55.5 Å². The lowest BCUT2D eigenvalue weighted by atomic mass is 10.1. The van der Waals surface area contributed by atoms with Gasteiger partial charge in [-0.15, -0.1) is 0 Å². The number of hydrazone groups is 1. The number of halogens is 1. The van der Waals surface area contributed by atoms with E-state index in [9.17, 15) is 9.90 Å². The van der Waals surface area contributed by atoms with Gasteiger partial charge in [-0.1, -0.05) is 23.7 Å². The minimum atomic E-state index is -0.485. The molecule has 0 saturated heterocycles. The highest BCUT2D eigenvalue weighted by Gasteiger charge is 2.04. The average molecular weight is 304 g/mol.